The van der Waals surface area contributed by atoms with Crippen LogP contribution in [0.3, 0.4) is 0 Å². The molecule has 0 saturated carbocycles. The standard InChI is InChI=1S/C13H16N2O6S.C9H10N2O6S.C7H13NO2.C4H8O/c1-4-10(2)21-13(16)9-14(3)22(19,20)12-7-5-11(6-8-12)15(17)18;1-10(6-9(12)13)18(16,17)8-4-2-7(3-5-8)11(14)15;1-4-6(2)10-7(9)5-8-3;1-3-4(2)5/h4-8,10H,1,9H2,2-3H3;2-5H,6H2,1H3,(H,12,13);4,6,8H,1,5H2,2-3H3;3-5H,1H2,2H3/i3D3;1D3;3D3;. The number of aliphatic hydroxyl groups is 1. The molecule has 0 aliphatic rings. The highest BCUT2D eigenvalue weighted by Crippen LogP contribution is 2.20. The zero-order valence-electron chi connectivity index (χ0n) is 38.6. The van der Waals surface area contributed by atoms with Gasteiger partial charge >= 0.3 is 17.9 Å². The zero-order valence-corrected chi connectivity index (χ0v) is 31.3. The van der Waals surface area contributed by atoms with Crippen LogP contribution in [0.15, 0.2) is 96.3 Å². The Bertz CT molecular complexity index is 2140. The first kappa shape index (κ1) is 36.6. The van der Waals surface area contributed by atoms with Gasteiger partial charge in [0.05, 0.1) is 32.3 Å². The van der Waals surface area contributed by atoms with E-state index in [-0.39, 0.29) is 32.6 Å². The van der Waals surface area contributed by atoms with E-state index in [9.17, 15) is 51.4 Å². The van der Waals surface area contributed by atoms with Crippen LogP contribution in [-0.4, -0.2) is 122 Å². The molecule has 0 spiro atoms. The van der Waals surface area contributed by atoms with E-state index in [1.54, 1.807) is 13.8 Å². The van der Waals surface area contributed by atoms with Crippen molar-refractivity contribution in [2.75, 3.05) is 40.6 Å². The van der Waals surface area contributed by atoms with E-state index in [4.69, 9.17) is 32.0 Å². The maximum Gasteiger partial charge on any atom is 0.321 e. The summed E-state index contributed by atoms with van der Waals surface area (Å²) in [4.78, 5) is 51.8. The van der Waals surface area contributed by atoms with Crippen LogP contribution in [0, 0.1) is 20.2 Å². The molecular weight excluding hydrogens is 771 g/mol. The molecule has 0 amide bonds. The lowest BCUT2D eigenvalue weighted by atomic mass is 10.3. The molecular formula is C33H47N5O15S2. The average molecular weight is 827 g/mol. The third kappa shape index (κ3) is 20.6. The zero-order chi connectivity index (χ0) is 50.6. The fourth-order valence-electron chi connectivity index (χ4n) is 2.81. The van der Waals surface area contributed by atoms with Crippen molar-refractivity contribution in [1.82, 2.24) is 13.9 Å². The number of nitrogens with one attached hydrogen (secondary N) is 1. The van der Waals surface area contributed by atoms with Gasteiger partial charge in [0.15, 0.2) is 0 Å². The molecule has 2 rings (SSSR count). The van der Waals surface area contributed by atoms with Crippen molar-refractivity contribution < 1.29 is 73.1 Å². The van der Waals surface area contributed by atoms with Crippen molar-refractivity contribution in [2.24, 2.45) is 0 Å². The maximum absolute atomic E-state index is 12.5. The Balaban J connectivity index is 0. The summed E-state index contributed by atoms with van der Waals surface area (Å²) in [5.74, 6) is -3.32. The van der Waals surface area contributed by atoms with E-state index in [0.29, 0.717) is 0 Å². The first-order valence-corrected chi connectivity index (χ1v) is 17.8. The fraction of sp³-hybridized carbons (Fsp3) is 0.364. The summed E-state index contributed by atoms with van der Waals surface area (Å²) in [7, 11) is -9.25. The van der Waals surface area contributed by atoms with Crippen molar-refractivity contribution >= 4 is 49.3 Å². The van der Waals surface area contributed by atoms with Crippen molar-refractivity contribution in [3.63, 3.8) is 0 Å². The highest BCUT2D eigenvalue weighted by atomic mass is 32.2. The number of nitro groups is 2. The molecule has 0 saturated heterocycles. The Morgan fingerprint density at radius 1 is 0.782 bits per heavy atom. The topological polar surface area (TPSA) is 283 Å². The summed E-state index contributed by atoms with van der Waals surface area (Å²) in [6.07, 6.45) is 2.73. The van der Waals surface area contributed by atoms with Gasteiger partial charge in [-0.15, -0.1) is 6.58 Å². The van der Waals surface area contributed by atoms with Gasteiger partial charge < -0.3 is 25.0 Å². The second-order valence-electron chi connectivity index (χ2n) is 10.1. The van der Waals surface area contributed by atoms with Crippen LogP contribution < -0.4 is 5.32 Å². The van der Waals surface area contributed by atoms with Gasteiger partial charge in [0.2, 0.25) is 20.0 Å². The average Bonchev–Trinajstić information content (AvgIpc) is 3.17. The summed E-state index contributed by atoms with van der Waals surface area (Å²) in [5, 5.41) is 40.0. The lowest BCUT2D eigenvalue weighted by molar-refractivity contribution is -0.385. The highest BCUT2D eigenvalue weighted by Gasteiger charge is 2.25. The molecule has 306 valence electrons. The Morgan fingerprint density at radius 3 is 1.44 bits per heavy atom. The third-order valence-corrected chi connectivity index (χ3v) is 8.85. The number of aliphatic hydroxyl groups excluding tert-OH is 1. The number of carboxylic acids is 1. The molecule has 2 aromatic carbocycles. The number of nitro benzene ring substituents is 2. The molecule has 3 unspecified atom stereocenters. The minimum absolute atomic E-state index is 0.000686. The number of sulfonamides is 2. The Labute approximate surface area is 332 Å². The molecule has 55 heavy (non-hydrogen) atoms. The summed E-state index contributed by atoms with van der Waals surface area (Å²) in [6.45, 7) is 3.59. The minimum Gasteiger partial charge on any atom is -0.480 e. The first-order valence-electron chi connectivity index (χ1n) is 19.4. The summed E-state index contributed by atoms with van der Waals surface area (Å²) in [5.41, 5.74) is -0.744. The third-order valence-electron chi connectivity index (χ3n) is 5.70. The van der Waals surface area contributed by atoms with Crippen LogP contribution in [0.1, 0.15) is 33.1 Å². The molecule has 22 heteroatoms. The van der Waals surface area contributed by atoms with E-state index < -0.39 is 104 Å². The van der Waals surface area contributed by atoms with Crippen LogP contribution in [0.5, 0.6) is 0 Å². The SMILES string of the molecule is C=CC(C)O.[2H]C([2H])([2H])N(CC(=O)O)S(=O)(=O)c1ccc([N+](=O)[O-])cc1.[2H]C([2H])([2H])N(CC(=O)OC(C)C=C)S(=O)(=O)c1ccc([N+](=O)[O-])cc1.[2H]C([2H])([2H])NCC(=O)OC(C)C=C. The van der Waals surface area contributed by atoms with Crippen molar-refractivity contribution in [3.8, 4) is 0 Å². The number of carboxylic acid groups (broad SMARTS) is 1. The number of likely N-dealkylation sites (N-methyl/N-ethyl adjacent to an activating group) is 3. The minimum atomic E-state index is -4.63. The van der Waals surface area contributed by atoms with Crippen molar-refractivity contribution in [1.29, 1.82) is 0 Å². The second kappa shape index (κ2) is 25.6. The summed E-state index contributed by atoms with van der Waals surface area (Å²) in [6, 6.07) is 7.07. The smallest absolute Gasteiger partial charge is 0.321 e. The number of carbonyl (C=O) groups is 3. The number of rotatable bonds is 17. The summed E-state index contributed by atoms with van der Waals surface area (Å²) < 4.78 is 122. The Hall–Kier alpha value is -5.39. The highest BCUT2D eigenvalue weighted by molar-refractivity contribution is 7.89. The quantitative estimate of drug-likeness (QED) is 0.0894. The summed E-state index contributed by atoms with van der Waals surface area (Å²) >= 11 is 0. The molecule has 0 fully saturated rings. The van der Waals surface area contributed by atoms with E-state index in [1.807, 2.05) is 5.32 Å². The van der Waals surface area contributed by atoms with Gasteiger partial charge in [-0.05, 0) is 52.0 Å². The molecule has 0 aliphatic carbocycles. The van der Waals surface area contributed by atoms with Crippen molar-refractivity contribution in [3.05, 3.63) is 107 Å². The molecule has 0 aliphatic heterocycles. The number of hydrogen-bond acceptors (Lipinski definition) is 15. The number of esters is 2. The van der Waals surface area contributed by atoms with Crippen LogP contribution in [-0.2, 0) is 43.9 Å². The van der Waals surface area contributed by atoms with E-state index >= 15 is 0 Å². The van der Waals surface area contributed by atoms with E-state index in [0.717, 1.165) is 48.5 Å². The molecule has 0 radical (unpaired) electrons. The Kier molecular flexibility index (Phi) is 17.0. The molecule has 0 heterocycles. The molecule has 20 nitrogen and oxygen atoms in total. The number of hydrogen-bond donors (Lipinski definition) is 3. The van der Waals surface area contributed by atoms with Gasteiger partial charge in [-0.1, -0.05) is 31.4 Å². The largest absolute Gasteiger partial charge is 0.480 e. The van der Waals surface area contributed by atoms with Crippen LogP contribution in [0.2, 0.25) is 0 Å². The number of non-ortho nitro benzene ring substituents is 2. The lowest BCUT2D eigenvalue weighted by Gasteiger charge is -2.17. The van der Waals surface area contributed by atoms with E-state index in [2.05, 4.69) is 19.7 Å². The Morgan fingerprint density at radius 2 is 1.15 bits per heavy atom. The number of benzene rings is 2. The number of carbonyl (C=O) groups excluding carboxylic acids is 2. The first-order chi connectivity index (χ1) is 29.0. The lowest BCUT2D eigenvalue weighted by Crippen LogP contribution is -2.34. The normalized spacial score (nSPS) is 15.4. The number of aliphatic carboxylic acids is 1. The predicted octanol–water partition coefficient (Wildman–Crippen LogP) is 2.51. The molecule has 0 bridgehead atoms. The second-order valence-corrected chi connectivity index (χ2v) is 13.8. The maximum atomic E-state index is 12.5. The van der Waals surface area contributed by atoms with Gasteiger partial charge in [-0.2, -0.15) is 8.61 Å². The van der Waals surface area contributed by atoms with E-state index in [1.165, 1.54) is 25.2 Å². The van der Waals surface area contributed by atoms with Crippen molar-refractivity contribution in [2.45, 2.75) is 48.9 Å². The molecule has 2 aromatic rings. The van der Waals surface area contributed by atoms with Gasteiger partial charge in [0.1, 0.15) is 25.3 Å². The fourth-order valence-corrected chi connectivity index (χ4v) is 4.83. The van der Waals surface area contributed by atoms with Crippen LogP contribution in [0.25, 0.3) is 0 Å². The van der Waals surface area contributed by atoms with Gasteiger partial charge in [-0.3, -0.25) is 34.6 Å². The molecule has 3 N–H and O–H groups in total. The predicted molar refractivity (Wildman–Crippen MR) is 201 cm³/mol. The van der Waals surface area contributed by atoms with Gasteiger partial charge in [0.25, 0.3) is 11.4 Å². The van der Waals surface area contributed by atoms with Gasteiger partial charge in [0, 0.05) is 50.6 Å². The monoisotopic (exact) mass is 826 g/mol. The van der Waals surface area contributed by atoms with Crippen LogP contribution >= 0.6 is 0 Å². The van der Waals surface area contributed by atoms with Gasteiger partial charge in [-0.25, -0.2) is 16.8 Å². The molecule has 0 aromatic heterocycles. The number of nitrogens with zero attached hydrogens (tertiary/aromatic N) is 4. The van der Waals surface area contributed by atoms with Crippen LogP contribution in [0.4, 0.5) is 11.4 Å². The number of ether oxygens (including phenoxy) is 2. The molecule has 3 atom stereocenters.